The van der Waals surface area contributed by atoms with Crippen LogP contribution in [0.15, 0.2) is 29.4 Å². The van der Waals surface area contributed by atoms with Gasteiger partial charge in [0.2, 0.25) is 11.1 Å². The Morgan fingerprint density at radius 1 is 1.28 bits per heavy atom. The zero-order valence-electron chi connectivity index (χ0n) is 12.8. The molecule has 2 rings (SSSR count). The minimum atomic E-state index is -2.92. The molecule has 0 bridgehead atoms. The number of aromatic nitrogens is 3. The molecule has 0 aliphatic rings. The number of primary amides is 1. The van der Waals surface area contributed by atoms with E-state index in [0.29, 0.717) is 5.56 Å². The fourth-order valence-corrected chi connectivity index (χ4v) is 2.54. The van der Waals surface area contributed by atoms with Gasteiger partial charge in [-0.25, -0.2) is 9.47 Å². The van der Waals surface area contributed by atoms with Crippen LogP contribution in [0.25, 0.3) is 11.4 Å². The number of amides is 3. The number of rotatable bonds is 6. The maximum atomic E-state index is 12.1. The Labute approximate surface area is 144 Å². The van der Waals surface area contributed by atoms with Crippen LogP contribution in [0.1, 0.15) is 6.92 Å². The fourth-order valence-electron chi connectivity index (χ4n) is 1.77. The highest BCUT2D eigenvalue weighted by atomic mass is 32.2. The lowest BCUT2D eigenvalue weighted by molar-refractivity contribution is -0.119. The van der Waals surface area contributed by atoms with E-state index in [4.69, 9.17) is 11.6 Å². The van der Waals surface area contributed by atoms with E-state index in [-0.39, 0.29) is 16.7 Å². The normalized spacial score (nSPS) is 12.0. The molecule has 1 heterocycles. The van der Waals surface area contributed by atoms with Crippen LogP contribution >= 0.6 is 11.8 Å². The van der Waals surface area contributed by atoms with E-state index >= 15 is 0 Å². The second kappa shape index (κ2) is 7.79. The van der Waals surface area contributed by atoms with Crippen LogP contribution in [0, 0.1) is 0 Å². The molecule has 9 nitrogen and oxygen atoms in total. The second-order valence-corrected chi connectivity index (χ2v) is 6.00. The number of thioether (sulfide) groups is 1. The predicted molar refractivity (Wildman–Crippen MR) is 85.3 cm³/mol. The highest BCUT2D eigenvalue weighted by Gasteiger charge is 2.20. The Hall–Kier alpha value is -2.89. The highest BCUT2D eigenvalue weighted by molar-refractivity contribution is 8.00. The number of hydrogen-bond donors (Lipinski definition) is 3. The molecule has 0 saturated heterocycles. The van der Waals surface area contributed by atoms with Crippen LogP contribution in [0.3, 0.4) is 0 Å². The Morgan fingerprint density at radius 3 is 2.48 bits per heavy atom. The summed E-state index contributed by atoms with van der Waals surface area (Å²) in [5, 5.41) is 9.24. The molecule has 134 valence electrons. The summed E-state index contributed by atoms with van der Waals surface area (Å²) in [5.74, 6) is 5.55. The van der Waals surface area contributed by atoms with Gasteiger partial charge >= 0.3 is 12.6 Å². The number of ether oxygens (including phenoxy) is 1. The molecule has 0 saturated carbocycles. The number of carbonyl (C=O) groups excluding carboxylic acids is 2. The second-order valence-electron chi connectivity index (χ2n) is 4.69. The summed E-state index contributed by atoms with van der Waals surface area (Å²) >= 11 is 0.968. The summed E-state index contributed by atoms with van der Waals surface area (Å²) in [7, 11) is 0. The standard InChI is InChI=1S/C13H14F2N6O3S/c1-6(10(22)18-12(16)23)25-13-20-19-9(21(13)17)7-2-4-8(5-3-7)24-11(14)15/h2-6,11H,17H2,1H3,(H3,16,18,22,23)/t6-/m0/s1. The zero-order valence-corrected chi connectivity index (χ0v) is 13.7. The van der Waals surface area contributed by atoms with Crippen molar-refractivity contribution in [2.45, 2.75) is 23.9 Å². The van der Waals surface area contributed by atoms with Gasteiger partial charge in [0.1, 0.15) is 5.75 Å². The maximum absolute atomic E-state index is 12.1. The van der Waals surface area contributed by atoms with E-state index < -0.39 is 23.8 Å². The van der Waals surface area contributed by atoms with Gasteiger partial charge in [-0.15, -0.1) is 10.2 Å². The number of nitrogens with two attached hydrogens (primary N) is 2. The minimum absolute atomic E-state index is 0.00631. The van der Waals surface area contributed by atoms with E-state index in [2.05, 4.69) is 14.9 Å². The summed E-state index contributed by atoms with van der Waals surface area (Å²) in [6.45, 7) is -1.38. The van der Waals surface area contributed by atoms with Crippen molar-refractivity contribution >= 4 is 23.7 Å². The summed E-state index contributed by atoms with van der Waals surface area (Å²) in [5.41, 5.74) is 5.39. The topological polar surface area (TPSA) is 138 Å². The summed E-state index contributed by atoms with van der Waals surface area (Å²) in [6, 6.07) is 4.70. The summed E-state index contributed by atoms with van der Waals surface area (Å²) < 4.78 is 29.7. The van der Waals surface area contributed by atoms with Crippen LogP contribution in [-0.2, 0) is 4.79 Å². The van der Waals surface area contributed by atoms with Crippen molar-refractivity contribution in [3.8, 4) is 17.1 Å². The molecule has 1 aromatic carbocycles. The van der Waals surface area contributed by atoms with Gasteiger partial charge < -0.3 is 16.3 Å². The molecule has 2 aromatic rings. The van der Waals surface area contributed by atoms with Crippen LogP contribution in [0.2, 0.25) is 0 Å². The van der Waals surface area contributed by atoms with Gasteiger partial charge in [-0.2, -0.15) is 8.78 Å². The van der Waals surface area contributed by atoms with E-state index in [9.17, 15) is 18.4 Å². The van der Waals surface area contributed by atoms with Gasteiger partial charge in [0.05, 0.1) is 5.25 Å². The van der Waals surface area contributed by atoms with E-state index in [1.54, 1.807) is 0 Å². The summed E-state index contributed by atoms with van der Waals surface area (Å²) in [4.78, 5) is 22.3. The molecule has 25 heavy (non-hydrogen) atoms. The molecule has 1 aromatic heterocycles. The van der Waals surface area contributed by atoms with Crippen molar-refractivity contribution in [3.05, 3.63) is 24.3 Å². The molecule has 5 N–H and O–H groups in total. The highest BCUT2D eigenvalue weighted by Crippen LogP contribution is 2.26. The van der Waals surface area contributed by atoms with Crippen molar-refractivity contribution in [3.63, 3.8) is 0 Å². The molecule has 12 heteroatoms. The van der Waals surface area contributed by atoms with Gasteiger partial charge in [0, 0.05) is 5.56 Å². The lowest BCUT2D eigenvalue weighted by atomic mass is 10.2. The first-order chi connectivity index (χ1) is 11.8. The van der Waals surface area contributed by atoms with Gasteiger partial charge in [-0.05, 0) is 31.2 Å². The Morgan fingerprint density at radius 2 is 1.92 bits per heavy atom. The Kier molecular flexibility index (Phi) is 5.75. The number of urea groups is 1. The van der Waals surface area contributed by atoms with Crippen LogP contribution in [0.4, 0.5) is 13.6 Å². The lowest BCUT2D eigenvalue weighted by Gasteiger charge is -2.09. The first-order valence-corrected chi connectivity index (χ1v) is 7.68. The molecule has 3 amide bonds. The van der Waals surface area contributed by atoms with Crippen LogP contribution < -0.4 is 21.6 Å². The molecular formula is C13H14F2N6O3S. The number of alkyl halides is 2. The van der Waals surface area contributed by atoms with Crippen molar-refractivity contribution in [1.82, 2.24) is 20.2 Å². The number of benzene rings is 1. The monoisotopic (exact) mass is 372 g/mol. The smallest absolute Gasteiger partial charge is 0.387 e. The molecular weight excluding hydrogens is 358 g/mol. The largest absolute Gasteiger partial charge is 0.435 e. The van der Waals surface area contributed by atoms with Gasteiger partial charge in [-0.1, -0.05) is 11.8 Å². The zero-order chi connectivity index (χ0) is 18.6. The van der Waals surface area contributed by atoms with Crippen molar-refractivity contribution < 1.29 is 23.1 Å². The molecule has 0 spiro atoms. The average Bonchev–Trinajstić information content (AvgIpc) is 2.88. The molecule has 1 atom stereocenters. The average molecular weight is 372 g/mol. The molecule has 0 unspecified atom stereocenters. The third kappa shape index (κ3) is 4.79. The third-order valence-corrected chi connectivity index (χ3v) is 3.96. The summed E-state index contributed by atoms with van der Waals surface area (Å²) in [6.07, 6.45) is 0. The van der Waals surface area contributed by atoms with Crippen LogP contribution in [-0.4, -0.2) is 38.7 Å². The first-order valence-electron chi connectivity index (χ1n) is 6.80. The van der Waals surface area contributed by atoms with E-state index in [0.717, 1.165) is 16.4 Å². The minimum Gasteiger partial charge on any atom is -0.435 e. The number of hydrogen-bond acceptors (Lipinski definition) is 7. The lowest BCUT2D eigenvalue weighted by Crippen LogP contribution is -2.39. The maximum Gasteiger partial charge on any atom is 0.387 e. The number of carbonyl (C=O) groups is 2. The quantitative estimate of drug-likeness (QED) is 0.506. The van der Waals surface area contributed by atoms with Gasteiger partial charge in [0.25, 0.3) is 0 Å². The first kappa shape index (κ1) is 18.4. The Balaban J connectivity index is 2.12. The predicted octanol–water partition coefficient (Wildman–Crippen LogP) is 0.936. The molecule has 0 radical (unpaired) electrons. The molecule has 0 fully saturated rings. The molecule has 0 aliphatic carbocycles. The van der Waals surface area contributed by atoms with Gasteiger partial charge in [-0.3, -0.25) is 10.1 Å². The van der Waals surface area contributed by atoms with Crippen molar-refractivity contribution in [1.29, 1.82) is 0 Å². The van der Waals surface area contributed by atoms with Gasteiger partial charge in [0.15, 0.2) is 5.82 Å². The number of halogens is 2. The fraction of sp³-hybridized carbons (Fsp3) is 0.231. The third-order valence-electron chi connectivity index (χ3n) is 2.90. The van der Waals surface area contributed by atoms with E-state index in [1.807, 2.05) is 5.32 Å². The van der Waals surface area contributed by atoms with Crippen LogP contribution in [0.5, 0.6) is 5.75 Å². The molecule has 0 aliphatic heterocycles. The van der Waals surface area contributed by atoms with Crippen molar-refractivity contribution in [2.75, 3.05) is 5.84 Å². The number of nitrogens with zero attached hydrogens (tertiary/aromatic N) is 3. The van der Waals surface area contributed by atoms with Crippen molar-refractivity contribution in [2.24, 2.45) is 5.73 Å². The Bertz CT molecular complexity index is 768. The number of nitrogens with one attached hydrogen (secondary N) is 1. The number of nitrogen functional groups attached to an aromatic ring is 1. The van der Waals surface area contributed by atoms with E-state index in [1.165, 1.54) is 31.2 Å². The number of imide groups is 1. The SMILES string of the molecule is C[C@H](Sc1nnc(-c2ccc(OC(F)F)cc2)n1N)C(=O)NC(N)=O.